The first-order valence-corrected chi connectivity index (χ1v) is 8.33. The molecule has 0 saturated heterocycles. The van der Waals surface area contributed by atoms with E-state index in [-0.39, 0.29) is 17.2 Å². The van der Waals surface area contributed by atoms with Crippen molar-refractivity contribution in [3.63, 3.8) is 0 Å². The first-order valence-electron chi connectivity index (χ1n) is 7.41. The van der Waals surface area contributed by atoms with Gasteiger partial charge in [0.05, 0.1) is 6.61 Å². The molecule has 1 atom stereocenters. The van der Waals surface area contributed by atoms with Gasteiger partial charge in [-0.3, -0.25) is 9.68 Å². The van der Waals surface area contributed by atoms with E-state index in [0.717, 1.165) is 11.6 Å². The van der Waals surface area contributed by atoms with E-state index in [9.17, 15) is 9.59 Å². The number of carbonyl (C=O) groups excluding carboxylic acids is 2. The van der Waals surface area contributed by atoms with Crippen molar-refractivity contribution in [2.75, 3.05) is 6.61 Å². The molecule has 4 nitrogen and oxygen atoms in total. The molecule has 0 aromatic heterocycles. The quantitative estimate of drug-likeness (QED) is 0.168. The Balaban J connectivity index is 1.90. The van der Waals surface area contributed by atoms with Gasteiger partial charge in [-0.05, 0) is 12.0 Å². The first kappa shape index (κ1) is 18.1. The highest BCUT2D eigenvalue weighted by atomic mass is 79.9. The number of halogens is 1. The van der Waals surface area contributed by atoms with Gasteiger partial charge < -0.3 is 0 Å². The minimum atomic E-state index is -0.620. The van der Waals surface area contributed by atoms with Gasteiger partial charge in [0, 0.05) is 22.0 Å². The molecule has 24 heavy (non-hydrogen) atoms. The van der Waals surface area contributed by atoms with Crippen LogP contribution in [-0.2, 0) is 14.6 Å². The van der Waals surface area contributed by atoms with Crippen molar-refractivity contribution < 1.29 is 19.4 Å². The maximum absolute atomic E-state index is 12.3. The SMILES string of the molecule is C=CC(=O)OOCCC(Br)c1ccc(C(=O)c2ccccc2)cc1. The summed E-state index contributed by atoms with van der Waals surface area (Å²) in [4.78, 5) is 32.5. The van der Waals surface area contributed by atoms with Crippen LogP contribution in [0.5, 0.6) is 0 Å². The van der Waals surface area contributed by atoms with Gasteiger partial charge in [-0.25, -0.2) is 4.79 Å². The van der Waals surface area contributed by atoms with Crippen molar-refractivity contribution in [1.82, 2.24) is 0 Å². The zero-order chi connectivity index (χ0) is 17.4. The highest BCUT2D eigenvalue weighted by Crippen LogP contribution is 2.27. The molecular formula is C19H17BrO4. The topological polar surface area (TPSA) is 52.6 Å². The van der Waals surface area contributed by atoms with Gasteiger partial charge in [0.15, 0.2) is 5.78 Å². The molecule has 2 rings (SSSR count). The van der Waals surface area contributed by atoms with E-state index >= 15 is 0 Å². The first-order chi connectivity index (χ1) is 11.6. The lowest BCUT2D eigenvalue weighted by Crippen LogP contribution is -2.05. The zero-order valence-electron chi connectivity index (χ0n) is 13.0. The van der Waals surface area contributed by atoms with Crippen LogP contribution < -0.4 is 0 Å². The van der Waals surface area contributed by atoms with Gasteiger partial charge in [-0.2, -0.15) is 4.89 Å². The van der Waals surface area contributed by atoms with E-state index in [1.54, 1.807) is 24.3 Å². The fourth-order valence-electron chi connectivity index (χ4n) is 2.05. The predicted molar refractivity (Wildman–Crippen MR) is 94.8 cm³/mol. The van der Waals surface area contributed by atoms with Crippen LogP contribution in [0.2, 0.25) is 0 Å². The molecule has 0 N–H and O–H groups in total. The average molecular weight is 389 g/mol. The summed E-state index contributed by atoms with van der Waals surface area (Å²) in [6.07, 6.45) is 1.64. The number of benzene rings is 2. The van der Waals surface area contributed by atoms with Crippen LogP contribution in [-0.4, -0.2) is 18.4 Å². The Labute approximate surface area is 149 Å². The molecule has 0 aliphatic rings. The second kappa shape index (κ2) is 9.15. The number of ketones is 1. The molecule has 1 unspecified atom stereocenters. The molecule has 0 aliphatic carbocycles. The molecule has 0 radical (unpaired) electrons. The maximum atomic E-state index is 12.3. The normalized spacial score (nSPS) is 11.5. The Bertz CT molecular complexity index is 695. The molecule has 0 aliphatic heterocycles. The lowest BCUT2D eigenvalue weighted by atomic mass is 10.0. The van der Waals surface area contributed by atoms with Gasteiger partial charge in [0.25, 0.3) is 0 Å². The Kier molecular flexibility index (Phi) is 6.90. The fourth-order valence-corrected chi connectivity index (χ4v) is 2.54. The van der Waals surface area contributed by atoms with Crippen LogP contribution in [0.1, 0.15) is 32.7 Å². The van der Waals surface area contributed by atoms with Crippen molar-refractivity contribution in [2.45, 2.75) is 11.2 Å². The number of rotatable bonds is 8. The van der Waals surface area contributed by atoms with E-state index < -0.39 is 5.97 Å². The molecule has 2 aromatic carbocycles. The Morgan fingerprint density at radius 1 is 1.04 bits per heavy atom. The predicted octanol–water partition coefficient (Wildman–Crippen LogP) is 4.40. The molecule has 0 amide bonds. The molecule has 0 saturated carbocycles. The van der Waals surface area contributed by atoms with Gasteiger partial charge in [-0.1, -0.05) is 77.1 Å². The summed E-state index contributed by atoms with van der Waals surface area (Å²) in [7, 11) is 0. The largest absolute Gasteiger partial charge is 0.365 e. The fraction of sp³-hybridized carbons (Fsp3) is 0.158. The molecule has 0 bridgehead atoms. The summed E-state index contributed by atoms with van der Waals surface area (Å²) in [5.41, 5.74) is 2.32. The van der Waals surface area contributed by atoms with Gasteiger partial charge in [-0.15, -0.1) is 0 Å². The third-order valence-electron chi connectivity index (χ3n) is 3.33. The summed E-state index contributed by atoms with van der Waals surface area (Å²) >= 11 is 3.55. The van der Waals surface area contributed by atoms with Crippen LogP contribution in [0.25, 0.3) is 0 Å². The van der Waals surface area contributed by atoms with Gasteiger partial charge in [0.2, 0.25) is 0 Å². The number of hydrogen-bond donors (Lipinski definition) is 0. The van der Waals surface area contributed by atoms with Crippen LogP contribution in [0.3, 0.4) is 0 Å². The lowest BCUT2D eigenvalue weighted by molar-refractivity contribution is -0.267. The van der Waals surface area contributed by atoms with Crippen molar-refractivity contribution in [3.8, 4) is 0 Å². The smallest absolute Gasteiger partial charge is 0.294 e. The number of alkyl halides is 1. The molecule has 2 aromatic rings. The number of hydrogen-bond acceptors (Lipinski definition) is 4. The molecule has 0 fully saturated rings. The van der Waals surface area contributed by atoms with Crippen LogP contribution in [0, 0.1) is 0 Å². The van der Waals surface area contributed by atoms with Crippen molar-refractivity contribution in [2.24, 2.45) is 0 Å². The van der Waals surface area contributed by atoms with Gasteiger partial charge >= 0.3 is 5.97 Å². The van der Waals surface area contributed by atoms with E-state index in [0.29, 0.717) is 17.5 Å². The third-order valence-corrected chi connectivity index (χ3v) is 4.32. The molecule has 5 heteroatoms. The highest BCUT2D eigenvalue weighted by Gasteiger charge is 2.11. The number of carbonyl (C=O) groups is 2. The molecule has 0 heterocycles. The highest BCUT2D eigenvalue weighted by molar-refractivity contribution is 9.09. The van der Waals surface area contributed by atoms with Crippen LogP contribution >= 0.6 is 15.9 Å². The third kappa shape index (κ3) is 5.15. The summed E-state index contributed by atoms with van der Waals surface area (Å²) < 4.78 is 0. The molecule has 0 spiro atoms. The lowest BCUT2D eigenvalue weighted by Gasteiger charge is -2.10. The maximum Gasteiger partial charge on any atom is 0.365 e. The van der Waals surface area contributed by atoms with E-state index in [2.05, 4.69) is 27.4 Å². The minimum Gasteiger partial charge on any atom is -0.294 e. The summed E-state index contributed by atoms with van der Waals surface area (Å²) in [5.74, 6) is -0.627. The van der Waals surface area contributed by atoms with Crippen molar-refractivity contribution in [1.29, 1.82) is 0 Å². The molecule has 124 valence electrons. The van der Waals surface area contributed by atoms with Gasteiger partial charge in [0.1, 0.15) is 0 Å². The Morgan fingerprint density at radius 3 is 2.29 bits per heavy atom. The van der Waals surface area contributed by atoms with Crippen molar-refractivity contribution in [3.05, 3.63) is 83.9 Å². The second-order valence-electron chi connectivity index (χ2n) is 5.00. The van der Waals surface area contributed by atoms with E-state index in [4.69, 9.17) is 4.89 Å². The Morgan fingerprint density at radius 2 is 1.67 bits per heavy atom. The summed E-state index contributed by atoms with van der Waals surface area (Å²) in [5, 5.41) is 0. The summed E-state index contributed by atoms with van der Waals surface area (Å²) in [6, 6.07) is 16.6. The minimum absolute atomic E-state index is 0.00653. The van der Waals surface area contributed by atoms with Crippen LogP contribution in [0.15, 0.2) is 67.3 Å². The standard InChI is InChI=1S/C19H17BrO4/c1-2-18(21)24-23-13-12-17(20)14-8-10-16(11-9-14)19(22)15-6-4-3-5-7-15/h2-11,17H,1,12-13H2. The van der Waals surface area contributed by atoms with E-state index in [1.165, 1.54) is 0 Å². The van der Waals surface area contributed by atoms with E-state index in [1.807, 2.05) is 30.3 Å². The molecular weight excluding hydrogens is 372 g/mol. The zero-order valence-corrected chi connectivity index (χ0v) is 14.6. The Hall–Kier alpha value is -2.24. The monoisotopic (exact) mass is 388 g/mol. The van der Waals surface area contributed by atoms with Crippen molar-refractivity contribution >= 4 is 27.7 Å². The summed E-state index contributed by atoms with van der Waals surface area (Å²) in [6.45, 7) is 3.53. The van der Waals surface area contributed by atoms with Crippen LogP contribution in [0.4, 0.5) is 0 Å². The second-order valence-corrected chi connectivity index (χ2v) is 6.11. The average Bonchev–Trinajstić information content (AvgIpc) is 2.65.